The van der Waals surface area contributed by atoms with Crippen molar-refractivity contribution >= 4 is 17.2 Å². The Bertz CT molecular complexity index is 376. The van der Waals surface area contributed by atoms with Gasteiger partial charge in [-0.3, -0.25) is 4.79 Å². The Morgan fingerprint density at radius 1 is 1.33 bits per heavy atom. The summed E-state index contributed by atoms with van der Waals surface area (Å²) >= 11 is 1.57. The minimum atomic E-state index is -0.449. The number of nitrogens with two attached hydrogens (primary N) is 1. The number of hydrogen-bond donors (Lipinski definition) is 1. The minimum absolute atomic E-state index is 0.00250. The highest BCUT2D eigenvalue weighted by atomic mass is 32.1. The molecule has 0 bridgehead atoms. The summed E-state index contributed by atoms with van der Waals surface area (Å²) in [6.45, 7) is 9.96. The molecule has 1 amide bonds. The second kappa shape index (κ2) is 6.29. The summed E-state index contributed by atoms with van der Waals surface area (Å²) in [5.41, 5.74) is 5.98. The van der Waals surface area contributed by atoms with E-state index < -0.39 is 6.04 Å². The summed E-state index contributed by atoms with van der Waals surface area (Å²) < 4.78 is 0. The molecular formula is C13H23N3OS. The molecule has 0 aliphatic rings. The highest BCUT2D eigenvalue weighted by molar-refractivity contribution is 7.09. The lowest BCUT2D eigenvalue weighted by Crippen LogP contribution is -2.50. The zero-order chi connectivity index (χ0) is 13.9. The molecule has 0 saturated carbocycles. The van der Waals surface area contributed by atoms with Crippen molar-refractivity contribution in [2.24, 2.45) is 11.7 Å². The van der Waals surface area contributed by atoms with Crippen LogP contribution in [0.3, 0.4) is 0 Å². The summed E-state index contributed by atoms with van der Waals surface area (Å²) in [6.07, 6.45) is 1.77. The fourth-order valence-electron chi connectivity index (χ4n) is 1.91. The maximum atomic E-state index is 12.4. The first kappa shape index (κ1) is 15.1. The van der Waals surface area contributed by atoms with Crippen LogP contribution in [0.25, 0.3) is 0 Å². The molecule has 1 heterocycles. The van der Waals surface area contributed by atoms with Gasteiger partial charge < -0.3 is 10.6 Å². The maximum Gasteiger partial charge on any atom is 0.240 e. The van der Waals surface area contributed by atoms with Crippen LogP contribution in [0.4, 0.5) is 0 Å². The lowest BCUT2D eigenvalue weighted by molar-refractivity contribution is -0.137. The molecule has 5 heteroatoms. The number of carbonyl (C=O) groups is 1. The number of hydrogen-bond acceptors (Lipinski definition) is 4. The van der Waals surface area contributed by atoms with Crippen molar-refractivity contribution in [3.05, 3.63) is 16.6 Å². The zero-order valence-electron chi connectivity index (χ0n) is 11.8. The Morgan fingerprint density at radius 3 is 2.33 bits per heavy atom. The molecule has 0 fully saturated rings. The lowest BCUT2D eigenvalue weighted by Gasteiger charge is -2.34. The van der Waals surface area contributed by atoms with Crippen LogP contribution in [0.2, 0.25) is 0 Å². The summed E-state index contributed by atoms with van der Waals surface area (Å²) in [6, 6.07) is -0.363. The van der Waals surface area contributed by atoms with E-state index in [1.807, 2.05) is 44.9 Å². The number of nitrogens with zero attached hydrogens (tertiary/aromatic N) is 2. The first-order valence-electron chi connectivity index (χ1n) is 6.33. The van der Waals surface area contributed by atoms with Gasteiger partial charge in [0.2, 0.25) is 5.91 Å². The molecule has 2 N–H and O–H groups in total. The number of amides is 1. The van der Waals surface area contributed by atoms with Gasteiger partial charge in [-0.05, 0) is 26.7 Å². The highest BCUT2D eigenvalue weighted by Gasteiger charge is 2.30. The van der Waals surface area contributed by atoms with Gasteiger partial charge in [-0.1, -0.05) is 13.8 Å². The van der Waals surface area contributed by atoms with Crippen LogP contribution in [0.1, 0.15) is 45.7 Å². The largest absolute Gasteiger partial charge is 0.330 e. The molecular weight excluding hydrogens is 246 g/mol. The summed E-state index contributed by atoms with van der Waals surface area (Å²) in [7, 11) is 0. The van der Waals surface area contributed by atoms with Crippen molar-refractivity contribution in [2.45, 2.75) is 52.7 Å². The molecule has 0 spiro atoms. The van der Waals surface area contributed by atoms with E-state index in [1.54, 1.807) is 17.5 Å². The number of aromatic nitrogens is 1. The van der Waals surface area contributed by atoms with E-state index in [0.29, 0.717) is 0 Å². The topological polar surface area (TPSA) is 59.2 Å². The molecule has 102 valence electrons. The molecule has 1 rings (SSSR count). The van der Waals surface area contributed by atoms with Crippen molar-refractivity contribution in [3.63, 3.8) is 0 Å². The van der Waals surface area contributed by atoms with Crippen LogP contribution >= 0.6 is 11.3 Å². The molecule has 0 radical (unpaired) electrons. The van der Waals surface area contributed by atoms with E-state index in [-0.39, 0.29) is 23.9 Å². The Hall–Kier alpha value is -0.940. The van der Waals surface area contributed by atoms with Crippen LogP contribution in [0.5, 0.6) is 0 Å². The third-order valence-corrected chi connectivity index (χ3v) is 3.99. The van der Waals surface area contributed by atoms with Gasteiger partial charge in [0.15, 0.2) is 0 Å². The van der Waals surface area contributed by atoms with Gasteiger partial charge in [0.25, 0.3) is 0 Å². The summed E-state index contributed by atoms with van der Waals surface area (Å²) in [5, 5.41) is 2.88. The van der Waals surface area contributed by atoms with E-state index in [2.05, 4.69) is 4.98 Å². The van der Waals surface area contributed by atoms with E-state index in [4.69, 9.17) is 5.73 Å². The van der Waals surface area contributed by atoms with Crippen molar-refractivity contribution in [1.82, 2.24) is 9.88 Å². The highest BCUT2D eigenvalue weighted by Crippen LogP contribution is 2.25. The molecule has 0 aliphatic carbocycles. The van der Waals surface area contributed by atoms with Gasteiger partial charge in [-0.15, -0.1) is 11.3 Å². The predicted molar refractivity (Wildman–Crippen MR) is 75.3 cm³/mol. The molecule has 1 aromatic heterocycles. The molecule has 0 aliphatic heterocycles. The van der Waals surface area contributed by atoms with Gasteiger partial charge in [-0.2, -0.15) is 0 Å². The predicted octanol–water partition coefficient (Wildman–Crippen LogP) is 2.42. The fraction of sp³-hybridized carbons (Fsp3) is 0.692. The van der Waals surface area contributed by atoms with Crippen LogP contribution < -0.4 is 5.73 Å². The van der Waals surface area contributed by atoms with Gasteiger partial charge in [0, 0.05) is 17.6 Å². The molecule has 2 atom stereocenters. The third kappa shape index (κ3) is 3.29. The van der Waals surface area contributed by atoms with Crippen molar-refractivity contribution in [3.8, 4) is 0 Å². The number of thiazole rings is 1. The van der Waals surface area contributed by atoms with Crippen LogP contribution in [-0.2, 0) is 4.79 Å². The maximum absolute atomic E-state index is 12.4. The average Bonchev–Trinajstić information content (AvgIpc) is 2.80. The standard InChI is InChI=1S/C13H23N3OS/c1-8(2)11(14)13(17)16(9(3)4)10(5)12-15-6-7-18-12/h6-11H,14H2,1-5H3. The molecule has 4 nitrogen and oxygen atoms in total. The van der Waals surface area contributed by atoms with E-state index in [9.17, 15) is 4.79 Å². The normalized spacial score (nSPS) is 14.9. The summed E-state index contributed by atoms with van der Waals surface area (Å²) in [5.74, 6) is 0.143. The van der Waals surface area contributed by atoms with Crippen LogP contribution in [-0.4, -0.2) is 27.9 Å². The SMILES string of the molecule is CC(C)C(N)C(=O)N(C(C)C)C(C)c1nccs1. The van der Waals surface area contributed by atoms with Crippen molar-refractivity contribution < 1.29 is 4.79 Å². The smallest absolute Gasteiger partial charge is 0.240 e. The second-order valence-electron chi connectivity index (χ2n) is 5.16. The van der Waals surface area contributed by atoms with Crippen LogP contribution in [0, 0.1) is 5.92 Å². The minimum Gasteiger partial charge on any atom is -0.330 e. The van der Waals surface area contributed by atoms with Crippen molar-refractivity contribution in [1.29, 1.82) is 0 Å². The third-order valence-electron chi connectivity index (χ3n) is 3.04. The summed E-state index contributed by atoms with van der Waals surface area (Å²) in [4.78, 5) is 18.6. The van der Waals surface area contributed by atoms with Gasteiger partial charge in [0.1, 0.15) is 5.01 Å². The quantitative estimate of drug-likeness (QED) is 0.893. The first-order valence-corrected chi connectivity index (χ1v) is 7.21. The molecule has 2 unspecified atom stereocenters. The fourth-order valence-corrected chi connectivity index (χ4v) is 2.60. The molecule has 0 saturated heterocycles. The Balaban J connectivity index is 2.93. The average molecular weight is 269 g/mol. The lowest BCUT2D eigenvalue weighted by atomic mass is 10.0. The second-order valence-corrected chi connectivity index (χ2v) is 6.08. The molecule has 0 aromatic carbocycles. The van der Waals surface area contributed by atoms with Gasteiger partial charge in [-0.25, -0.2) is 4.98 Å². The van der Waals surface area contributed by atoms with Crippen molar-refractivity contribution in [2.75, 3.05) is 0 Å². The Kier molecular flexibility index (Phi) is 5.28. The Labute approximate surface area is 113 Å². The van der Waals surface area contributed by atoms with E-state index in [1.165, 1.54) is 0 Å². The zero-order valence-corrected chi connectivity index (χ0v) is 12.6. The Morgan fingerprint density at radius 2 is 1.94 bits per heavy atom. The first-order chi connectivity index (χ1) is 8.36. The molecule has 18 heavy (non-hydrogen) atoms. The van der Waals surface area contributed by atoms with E-state index >= 15 is 0 Å². The van der Waals surface area contributed by atoms with Gasteiger partial charge >= 0.3 is 0 Å². The number of carbonyl (C=O) groups excluding carboxylic acids is 1. The number of rotatable bonds is 5. The molecule has 1 aromatic rings. The monoisotopic (exact) mass is 269 g/mol. The van der Waals surface area contributed by atoms with E-state index in [0.717, 1.165) is 5.01 Å². The van der Waals surface area contributed by atoms with Gasteiger partial charge in [0.05, 0.1) is 12.1 Å². The van der Waals surface area contributed by atoms with Crippen LogP contribution in [0.15, 0.2) is 11.6 Å².